The van der Waals surface area contributed by atoms with E-state index in [1.165, 1.54) is 0 Å². The Balaban J connectivity index is 2.62. The number of hydrogen-bond donors (Lipinski definition) is 1. The fraction of sp³-hybridized carbons (Fsp3) is 0.429. The molecule has 0 atom stereocenters. The lowest BCUT2D eigenvalue weighted by atomic mass is 10.0. The van der Waals surface area contributed by atoms with Crippen LogP contribution in [0, 0.1) is 0 Å². The Hall–Kier alpha value is -1.68. The van der Waals surface area contributed by atoms with Crippen LogP contribution in [0.15, 0.2) is 24.3 Å². The van der Waals surface area contributed by atoms with Gasteiger partial charge in [-0.25, -0.2) is 4.79 Å². The largest absolute Gasteiger partial charge is 0.460 e. The molecule has 0 radical (unpaired) electrons. The zero-order chi connectivity index (χ0) is 13.4. The number of unbranched alkanes of at least 4 members (excludes halogenated alkanes) is 1. The molecular formula is C14H18O4. The van der Waals surface area contributed by atoms with Crippen molar-refractivity contribution in [2.24, 2.45) is 0 Å². The Morgan fingerprint density at radius 3 is 2.33 bits per heavy atom. The van der Waals surface area contributed by atoms with Gasteiger partial charge >= 0.3 is 5.97 Å². The van der Waals surface area contributed by atoms with E-state index in [1.807, 2.05) is 6.92 Å². The highest BCUT2D eigenvalue weighted by atomic mass is 16.5. The van der Waals surface area contributed by atoms with Crippen molar-refractivity contribution in [3.63, 3.8) is 0 Å². The van der Waals surface area contributed by atoms with Crippen LogP contribution in [0.25, 0.3) is 0 Å². The van der Waals surface area contributed by atoms with Crippen LogP contribution in [-0.4, -0.2) is 30.1 Å². The predicted molar refractivity (Wildman–Crippen MR) is 67.7 cm³/mol. The molecule has 0 aliphatic heterocycles. The summed E-state index contributed by atoms with van der Waals surface area (Å²) in [6.07, 6.45) is 2.39. The van der Waals surface area contributed by atoms with E-state index >= 15 is 0 Å². The van der Waals surface area contributed by atoms with Crippen molar-refractivity contribution in [1.29, 1.82) is 0 Å². The minimum absolute atomic E-state index is 0.0178. The van der Waals surface area contributed by atoms with Crippen LogP contribution in [0.1, 0.15) is 46.9 Å². The lowest BCUT2D eigenvalue weighted by molar-refractivity contribution is 0.0433. The zero-order valence-electron chi connectivity index (χ0n) is 10.5. The van der Waals surface area contributed by atoms with Crippen LogP contribution in [0.4, 0.5) is 0 Å². The number of ether oxygens (including phenoxy) is 1. The number of aliphatic hydroxyl groups is 1. The minimum atomic E-state index is -0.489. The summed E-state index contributed by atoms with van der Waals surface area (Å²) in [6.45, 7) is 1.82. The van der Waals surface area contributed by atoms with Gasteiger partial charge in [-0.05, 0) is 18.6 Å². The maximum Gasteiger partial charge on any atom is 0.338 e. The number of ketones is 1. The third-order valence-corrected chi connectivity index (χ3v) is 2.52. The average molecular weight is 250 g/mol. The quantitative estimate of drug-likeness (QED) is 0.595. The summed E-state index contributed by atoms with van der Waals surface area (Å²) in [5, 5.41) is 8.54. The van der Waals surface area contributed by atoms with Crippen LogP contribution in [0.3, 0.4) is 0 Å². The predicted octanol–water partition coefficient (Wildman–Crippen LogP) is 2.21. The number of carbonyl (C=O) groups is 2. The molecule has 1 aromatic carbocycles. The molecule has 18 heavy (non-hydrogen) atoms. The van der Waals surface area contributed by atoms with E-state index in [2.05, 4.69) is 0 Å². The maximum atomic E-state index is 11.7. The van der Waals surface area contributed by atoms with Gasteiger partial charge in [-0.3, -0.25) is 4.79 Å². The highest BCUT2D eigenvalue weighted by Crippen LogP contribution is 2.10. The maximum absolute atomic E-state index is 11.7. The molecule has 4 nitrogen and oxygen atoms in total. The third kappa shape index (κ3) is 4.30. The molecule has 0 bridgehead atoms. The molecule has 4 heteroatoms. The second-order valence-electron chi connectivity index (χ2n) is 3.96. The van der Waals surface area contributed by atoms with E-state index < -0.39 is 5.97 Å². The number of benzene rings is 1. The number of aliphatic hydroxyl groups excluding tert-OH is 1. The summed E-state index contributed by atoms with van der Waals surface area (Å²) in [5.74, 6) is -0.399. The Labute approximate surface area is 107 Å². The molecule has 1 N–H and O–H groups in total. The summed E-state index contributed by atoms with van der Waals surface area (Å²) in [4.78, 5) is 23.1. The molecule has 0 aliphatic carbocycles. The van der Waals surface area contributed by atoms with E-state index in [-0.39, 0.29) is 19.0 Å². The Bertz CT molecular complexity index is 356. The highest BCUT2D eigenvalue weighted by Gasteiger charge is 2.09. The molecule has 0 saturated carbocycles. The standard InChI is InChI=1S/C14H18O4/c1-2-3-4-13(16)11-5-7-12(8-6-11)14(17)18-10-9-15/h5-8,15H,2-4,9-10H2,1H3. The number of rotatable bonds is 7. The molecule has 0 aromatic heterocycles. The van der Waals surface area contributed by atoms with Crippen molar-refractivity contribution in [2.75, 3.05) is 13.2 Å². The first-order valence-electron chi connectivity index (χ1n) is 6.10. The molecule has 0 saturated heterocycles. The van der Waals surface area contributed by atoms with Gasteiger partial charge in [0.1, 0.15) is 6.61 Å². The molecule has 0 fully saturated rings. The second-order valence-corrected chi connectivity index (χ2v) is 3.96. The molecule has 0 heterocycles. The zero-order valence-corrected chi connectivity index (χ0v) is 10.5. The SMILES string of the molecule is CCCCC(=O)c1ccc(C(=O)OCCO)cc1. The molecule has 0 amide bonds. The van der Waals surface area contributed by atoms with Gasteiger partial charge in [0.15, 0.2) is 5.78 Å². The smallest absolute Gasteiger partial charge is 0.338 e. The lowest BCUT2D eigenvalue weighted by Gasteiger charge is -2.04. The molecule has 1 rings (SSSR count). The van der Waals surface area contributed by atoms with Gasteiger partial charge in [-0.1, -0.05) is 25.5 Å². The van der Waals surface area contributed by atoms with Crippen LogP contribution in [0.5, 0.6) is 0 Å². The summed E-state index contributed by atoms with van der Waals surface area (Å²) >= 11 is 0. The monoisotopic (exact) mass is 250 g/mol. The Morgan fingerprint density at radius 2 is 1.78 bits per heavy atom. The first-order chi connectivity index (χ1) is 8.69. The normalized spacial score (nSPS) is 10.1. The van der Waals surface area contributed by atoms with Crippen molar-refractivity contribution >= 4 is 11.8 Å². The minimum Gasteiger partial charge on any atom is -0.460 e. The van der Waals surface area contributed by atoms with E-state index in [9.17, 15) is 9.59 Å². The van der Waals surface area contributed by atoms with Gasteiger partial charge in [-0.15, -0.1) is 0 Å². The molecule has 0 unspecified atom stereocenters. The summed E-state index contributed by atoms with van der Waals surface area (Å²) < 4.78 is 4.77. The van der Waals surface area contributed by atoms with Crippen LogP contribution < -0.4 is 0 Å². The van der Waals surface area contributed by atoms with Crippen molar-refractivity contribution < 1.29 is 19.4 Å². The first kappa shape index (κ1) is 14.4. The van der Waals surface area contributed by atoms with Gasteiger partial charge < -0.3 is 9.84 Å². The fourth-order valence-corrected chi connectivity index (χ4v) is 1.50. The van der Waals surface area contributed by atoms with Gasteiger partial charge in [0.25, 0.3) is 0 Å². The van der Waals surface area contributed by atoms with Crippen LogP contribution in [-0.2, 0) is 4.74 Å². The van der Waals surface area contributed by atoms with Crippen molar-refractivity contribution in [1.82, 2.24) is 0 Å². The highest BCUT2D eigenvalue weighted by molar-refractivity contribution is 5.97. The Kier molecular flexibility index (Phi) is 6.08. The van der Waals surface area contributed by atoms with Gasteiger partial charge in [-0.2, -0.15) is 0 Å². The van der Waals surface area contributed by atoms with Crippen molar-refractivity contribution in [3.05, 3.63) is 35.4 Å². The summed E-state index contributed by atoms with van der Waals surface area (Å²) in [7, 11) is 0. The molecular weight excluding hydrogens is 232 g/mol. The van der Waals surface area contributed by atoms with E-state index in [0.29, 0.717) is 17.5 Å². The summed E-state index contributed by atoms with van der Waals surface area (Å²) in [5.41, 5.74) is 0.998. The van der Waals surface area contributed by atoms with Crippen LogP contribution >= 0.6 is 0 Å². The van der Waals surface area contributed by atoms with E-state index in [4.69, 9.17) is 9.84 Å². The molecule has 0 spiro atoms. The van der Waals surface area contributed by atoms with Gasteiger partial charge in [0, 0.05) is 12.0 Å². The molecule has 0 aliphatic rings. The number of esters is 1. The van der Waals surface area contributed by atoms with Gasteiger partial charge in [0.05, 0.1) is 12.2 Å². The number of Topliss-reactive ketones (excluding diaryl/α,β-unsaturated/α-hetero) is 1. The third-order valence-electron chi connectivity index (χ3n) is 2.52. The number of hydrogen-bond acceptors (Lipinski definition) is 4. The number of carbonyl (C=O) groups excluding carboxylic acids is 2. The van der Waals surface area contributed by atoms with Gasteiger partial charge in [0.2, 0.25) is 0 Å². The average Bonchev–Trinajstić information content (AvgIpc) is 2.42. The molecule has 98 valence electrons. The molecule has 1 aromatic rings. The fourth-order valence-electron chi connectivity index (χ4n) is 1.50. The van der Waals surface area contributed by atoms with E-state index in [0.717, 1.165) is 12.8 Å². The van der Waals surface area contributed by atoms with Crippen molar-refractivity contribution in [2.45, 2.75) is 26.2 Å². The van der Waals surface area contributed by atoms with Crippen molar-refractivity contribution in [3.8, 4) is 0 Å². The van der Waals surface area contributed by atoms with Crippen LogP contribution in [0.2, 0.25) is 0 Å². The summed E-state index contributed by atoms with van der Waals surface area (Å²) in [6, 6.07) is 6.40. The topological polar surface area (TPSA) is 63.6 Å². The Morgan fingerprint density at radius 1 is 1.17 bits per heavy atom. The first-order valence-corrected chi connectivity index (χ1v) is 6.10. The lowest BCUT2D eigenvalue weighted by Crippen LogP contribution is -2.09. The van der Waals surface area contributed by atoms with E-state index in [1.54, 1.807) is 24.3 Å². The second kappa shape index (κ2) is 7.61.